The quantitative estimate of drug-likeness (QED) is 0.120. The molecule has 0 bridgehead atoms. The summed E-state index contributed by atoms with van der Waals surface area (Å²) < 4.78 is 56.5. The molecule has 2 amide bonds. The second-order valence-electron chi connectivity index (χ2n) is 11.1. The van der Waals surface area contributed by atoms with Gasteiger partial charge >= 0.3 is 75.4 Å². The van der Waals surface area contributed by atoms with Gasteiger partial charge in [-0.1, -0.05) is 42.2 Å². The van der Waals surface area contributed by atoms with Crippen molar-refractivity contribution in [2.45, 2.75) is 30.3 Å². The fraction of sp³-hybridized carbons (Fsp3) is 0.345. The number of nitrogens with zero attached hydrogens (tertiary/aromatic N) is 4. The topological polar surface area (TPSA) is 179 Å². The van der Waals surface area contributed by atoms with Gasteiger partial charge in [0.25, 0.3) is 11.8 Å². The Morgan fingerprint density at radius 1 is 1.06 bits per heavy atom. The van der Waals surface area contributed by atoms with E-state index in [4.69, 9.17) is 17.0 Å². The van der Waals surface area contributed by atoms with Gasteiger partial charge in [-0.15, -0.1) is 0 Å². The molecule has 2 atom stereocenters. The Kier molecular flexibility index (Phi) is 12.9. The first-order chi connectivity index (χ1) is 22.3. The molecule has 1 aliphatic carbocycles. The number of fused-ring (bicyclic) bond motifs is 1. The summed E-state index contributed by atoms with van der Waals surface area (Å²) in [6.45, 7) is 0.696. The molecule has 2 aromatic carbocycles. The number of hydrogen-bond acceptors (Lipinski definition) is 10. The van der Waals surface area contributed by atoms with Crippen LogP contribution in [-0.2, 0) is 19.9 Å². The second-order valence-corrected chi connectivity index (χ2v) is 14.2. The zero-order valence-corrected chi connectivity index (χ0v) is 26.9. The Morgan fingerprint density at radius 3 is 2.31 bits per heavy atom. The zero-order chi connectivity index (χ0) is 33.6. The van der Waals surface area contributed by atoms with E-state index in [1.54, 1.807) is 50.8 Å². The molecule has 3 aliphatic rings. The summed E-state index contributed by atoms with van der Waals surface area (Å²) in [6.07, 6.45) is 2.93. The van der Waals surface area contributed by atoms with E-state index < -0.39 is 62.9 Å². The molecule has 14 nitrogen and oxygen atoms in total. The molecule has 3 aromatic rings. The molecule has 2 aliphatic heterocycles. The molecule has 252 valence electrons. The normalized spacial score (nSPS) is 19.0. The van der Waals surface area contributed by atoms with Crippen molar-refractivity contribution < 1.29 is 41.6 Å². The number of amides is 2. The summed E-state index contributed by atoms with van der Waals surface area (Å²) in [5, 5.41) is 10.7. The summed E-state index contributed by atoms with van der Waals surface area (Å²) in [5.41, 5.74) is -0.502. The van der Waals surface area contributed by atoms with Gasteiger partial charge in [0.1, 0.15) is 32.9 Å². The maximum absolute atomic E-state index is 15.4. The van der Waals surface area contributed by atoms with E-state index in [0.717, 1.165) is 30.7 Å². The molecule has 20 heteroatoms. The van der Waals surface area contributed by atoms with Crippen LogP contribution in [0.3, 0.4) is 0 Å². The predicted octanol–water partition coefficient (Wildman–Crippen LogP) is 0.552. The summed E-state index contributed by atoms with van der Waals surface area (Å²) >= 11 is 6.35. The van der Waals surface area contributed by atoms with Crippen LogP contribution in [0.25, 0.3) is 10.9 Å². The number of thiocarbonyl (C=S) groups is 1. The van der Waals surface area contributed by atoms with Crippen molar-refractivity contribution in [3.63, 3.8) is 0 Å². The van der Waals surface area contributed by atoms with Crippen LogP contribution in [0.15, 0.2) is 53.5 Å². The Hall–Kier alpha value is -2.26. The van der Waals surface area contributed by atoms with Crippen LogP contribution in [0.4, 0.5) is 10.1 Å². The monoisotopic (exact) mass is 753 g/mol. The SMILES string of the molecule is O=C(COc1ccccc1)N[C@H]1C(=O)N(S(=O)(=O)O)C1SC(=S)N1CCN(c2cc3c(cc2F)c(=O)c(C(=O)O)cn3C2CC2)CC1.[NaH].[NaH]. The number of carboxylic acids is 1. The first kappa shape index (κ1) is 39.5. The molecular weight excluding hydrogens is 724 g/mol. The molecule has 1 unspecified atom stereocenters. The number of aromatic carboxylic acids is 1. The Labute approximate surface area is 333 Å². The third-order valence-corrected chi connectivity index (χ3v) is 10.8. The number of carboxylic acid groups (broad SMARTS) is 1. The fourth-order valence-corrected chi connectivity index (χ4v) is 8.25. The second kappa shape index (κ2) is 16.0. The molecule has 1 saturated carbocycles. The van der Waals surface area contributed by atoms with Gasteiger partial charge in [0.05, 0.1) is 11.2 Å². The average molecular weight is 754 g/mol. The third kappa shape index (κ3) is 8.45. The van der Waals surface area contributed by atoms with Crippen molar-refractivity contribution in [3.8, 4) is 5.75 Å². The first-order valence-corrected chi connectivity index (χ1v) is 17.1. The maximum atomic E-state index is 15.4. The molecule has 49 heavy (non-hydrogen) atoms. The van der Waals surface area contributed by atoms with Gasteiger partial charge in [0.15, 0.2) is 6.61 Å². The number of nitrogens with one attached hydrogen (secondary N) is 1. The number of β-lactam (4-membered cyclic amide) rings is 1. The molecule has 0 spiro atoms. The van der Waals surface area contributed by atoms with Crippen LogP contribution in [0, 0.1) is 5.82 Å². The van der Waals surface area contributed by atoms with Crippen molar-refractivity contribution in [1.82, 2.24) is 19.1 Å². The molecule has 6 rings (SSSR count). The van der Waals surface area contributed by atoms with Crippen LogP contribution < -0.4 is 20.4 Å². The number of para-hydroxylation sites is 1. The van der Waals surface area contributed by atoms with Crippen LogP contribution in [0.1, 0.15) is 29.2 Å². The van der Waals surface area contributed by atoms with Crippen molar-refractivity contribution in [3.05, 3.63) is 70.3 Å². The van der Waals surface area contributed by atoms with Crippen LogP contribution >= 0.6 is 24.0 Å². The zero-order valence-electron chi connectivity index (χ0n) is 24.4. The summed E-state index contributed by atoms with van der Waals surface area (Å²) in [5.74, 6) is -3.36. The summed E-state index contributed by atoms with van der Waals surface area (Å²) in [7, 11) is -4.95. The van der Waals surface area contributed by atoms with Crippen LogP contribution in [-0.4, -0.2) is 157 Å². The molecule has 2 saturated heterocycles. The molecule has 1 aromatic heterocycles. The number of anilines is 1. The number of thioether (sulfide) groups is 1. The Morgan fingerprint density at radius 2 is 1.71 bits per heavy atom. The van der Waals surface area contributed by atoms with Gasteiger partial charge in [-0.2, -0.15) is 12.7 Å². The van der Waals surface area contributed by atoms with Crippen LogP contribution in [0.5, 0.6) is 5.75 Å². The minimum atomic E-state index is -4.95. The van der Waals surface area contributed by atoms with Gasteiger partial charge in [-0.3, -0.25) is 18.9 Å². The molecule has 0 radical (unpaired) electrons. The van der Waals surface area contributed by atoms with Crippen molar-refractivity contribution >= 4 is 132 Å². The Balaban J connectivity index is 0.00000270. The van der Waals surface area contributed by atoms with Gasteiger partial charge < -0.3 is 29.5 Å². The van der Waals surface area contributed by atoms with Gasteiger partial charge in [0.2, 0.25) is 5.43 Å². The van der Waals surface area contributed by atoms with Gasteiger partial charge in [0, 0.05) is 43.8 Å². The number of halogens is 1. The number of pyridine rings is 1. The van der Waals surface area contributed by atoms with E-state index in [1.807, 2.05) is 0 Å². The average Bonchev–Trinajstić information content (AvgIpc) is 3.88. The van der Waals surface area contributed by atoms with E-state index in [2.05, 4.69) is 5.32 Å². The van der Waals surface area contributed by atoms with E-state index in [-0.39, 0.29) is 111 Å². The van der Waals surface area contributed by atoms with E-state index in [1.165, 1.54) is 6.20 Å². The van der Waals surface area contributed by atoms with Crippen molar-refractivity contribution in [2.24, 2.45) is 0 Å². The van der Waals surface area contributed by atoms with Gasteiger partial charge in [-0.05, 0) is 37.1 Å². The number of hydrogen-bond donors (Lipinski definition) is 3. The van der Waals surface area contributed by atoms with Crippen molar-refractivity contribution in [2.75, 3.05) is 37.7 Å². The number of carbonyl (C=O) groups is 3. The van der Waals surface area contributed by atoms with Crippen molar-refractivity contribution in [1.29, 1.82) is 0 Å². The number of carbonyl (C=O) groups excluding carboxylic acids is 2. The minimum absolute atomic E-state index is 0. The molecule has 3 heterocycles. The molecule has 3 N–H and O–H groups in total. The van der Waals surface area contributed by atoms with E-state index in [0.29, 0.717) is 11.3 Å². The number of benzene rings is 2. The fourth-order valence-electron chi connectivity index (χ4n) is 5.53. The number of ether oxygens (including phenoxy) is 1. The summed E-state index contributed by atoms with van der Waals surface area (Å²) in [6, 6.07) is 9.81. The summed E-state index contributed by atoms with van der Waals surface area (Å²) in [4.78, 5) is 53.1. The van der Waals surface area contributed by atoms with Gasteiger partial charge in [-0.25, -0.2) is 9.18 Å². The first-order valence-electron chi connectivity index (χ1n) is 14.4. The Bertz CT molecular complexity index is 1960. The van der Waals surface area contributed by atoms with Crippen LogP contribution in [0.2, 0.25) is 0 Å². The number of rotatable bonds is 9. The molecular formula is C29H30FN5Na2O9S3. The number of aromatic nitrogens is 1. The predicted molar refractivity (Wildman–Crippen MR) is 188 cm³/mol. The number of piperazine rings is 1. The third-order valence-electron chi connectivity index (χ3n) is 8.05. The molecule has 3 fully saturated rings. The van der Waals surface area contributed by atoms with E-state index >= 15 is 4.39 Å². The van der Waals surface area contributed by atoms with E-state index in [9.17, 15) is 37.3 Å². The standard InChI is InChI=1S/C29H28FN5O9S3.2Na.2H/c30-20-12-18-21(34(16-6-7-16)14-19(25(18)37)28(39)40)13-22(20)32-8-10-33(11-9-32)29(45)46-27-24(26(38)35(27)47(41,42)43)31-23(36)15-44-17-4-2-1-3-5-17;;;;/h1-5,12-14,16,24,27H,6-11,15H2,(H,31,36)(H,39,40)(H,41,42,43);;;;/t24-,27?;;;;/m0..../s1.